The van der Waals surface area contributed by atoms with E-state index in [1.165, 1.54) is 4.68 Å². The van der Waals surface area contributed by atoms with E-state index in [0.717, 1.165) is 11.8 Å². The molecule has 9 heteroatoms. The second-order valence-electron chi connectivity index (χ2n) is 5.55. The van der Waals surface area contributed by atoms with Gasteiger partial charge in [-0.3, -0.25) is 4.79 Å². The van der Waals surface area contributed by atoms with Gasteiger partial charge in [0.1, 0.15) is 0 Å². The monoisotopic (exact) mass is 399 g/mol. The molecule has 144 valence electrons. The van der Waals surface area contributed by atoms with Crippen LogP contribution in [-0.2, 0) is 9.53 Å². The zero-order valence-electron chi connectivity index (χ0n) is 15.0. The molecule has 0 aliphatic carbocycles. The van der Waals surface area contributed by atoms with Crippen LogP contribution in [0.1, 0.15) is 17.3 Å². The van der Waals surface area contributed by atoms with Crippen molar-refractivity contribution in [2.24, 2.45) is 0 Å². The Bertz CT molecular complexity index is 957. The number of rotatable bonds is 7. The minimum Gasteiger partial charge on any atom is -0.538 e. The van der Waals surface area contributed by atoms with Crippen molar-refractivity contribution in [1.82, 2.24) is 5.27 Å². The van der Waals surface area contributed by atoms with E-state index in [1.807, 2.05) is 18.2 Å². The quantitative estimate of drug-likeness (QED) is 0.367. The van der Waals surface area contributed by atoms with Gasteiger partial charge in [-0.25, -0.2) is 4.79 Å². The third-order valence-electron chi connectivity index (χ3n) is 3.59. The van der Waals surface area contributed by atoms with Gasteiger partial charge in [-0.15, -0.1) is 0 Å². The molecule has 0 fully saturated rings. The molecule has 1 heterocycles. The Kier molecular flexibility index (Phi) is 6.28. The van der Waals surface area contributed by atoms with Crippen molar-refractivity contribution in [3.63, 3.8) is 0 Å². The minimum absolute atomic E-state index is 0.0110. The van der Waals surface area contributed by atoms with Crippen molar-refractivity contribution < 1.29 is 28.6 Å². The van der Waals surface area contributed by atoms with E-state index >= 15 is 0 Å². The van der Waals surface area contributed by atoms with Gasteiger partial charge in [-0.05, 0) is 47.6 Å². The van der Waals surface area contributed by atoms with E-state index < -0.39 is 11.9 Å². The molecule has 0 atom stereocenters. The van der Waals surface area contributed by atoms with Gasteiger partial charge in [0.25, 0.3) is 5.03 Å². The van der Waals surface area contributed by atoms with E-state index in [2.05, 4.69) is 10.6 Å². The van der Waals surface area contributed by atoms with Crippen LogP contribution >= 0.6 is 11.8 Å². The van der Waals surface area contributed by atoms with Crippen LogP contribution in [0, 0.1) is 0 Å². The summed E-state index contributed by atoms with van der Waals surface area (Å²) in [6.07, 6.45) is 0. The number of carbonyl (C=O) groups is 2. The molecule has 0 bridgehead atoms. The molecule has 0 spiro atoms. The molecule has 28 heavy (non-hydrogen) atoms. The van der Waals surface area contributed by atoms with Crippen LogP contribution in [0.3, 0.4) is 0 Å². The Balaban J connectivity index is 1.61. The highest BCUT2D eigenvalue weighted by Gasteiger charge is 2.22. The molecule has 0 saturated heterocycles. The first kappa shape index (κ1) is 19.4. The smallest absolute Gasteiger partial charge is 0.338 e. The molecule has 0 aliphatic rings. The number of para-hydroxylation sites is 1. The Labute approximate surface area is 165 Å². The first-order valence-corrected chi connectivity index (χ1v) is 9.41. The Morgan fingerprint density at radius 3 is 2.57 bits per heavy atom. The highest BCUT2D eigenvalue weighted by atomic mass is 32.2. The molecule has 1 N–H and O–H groups in total. The topological polar surface area (TPSA) is 108 Å². The van der Waals surface area contributed by atoms with Crippen molar-refractivity contribution in [3.05, 3.63) is 60.2 Å². The van der Waals surface area contributed by atoms with Crippen molar-refractivity contribution in [3.8, 4) is 11.6 Å². The minimum atomic E-state index is -0.611. The number of esters is 1. The van der Waals surface area contributed by atoms with Crippen LogP contribution in [0.5, 0.6) is 5.95 Å². The zero-order chi connectivity index (χ0) is 19.9. The van der Waals surface area contributed by atoms with Gasteiger partial charge >= 0.3 is 5.97 Å². The molecule has 2 aromatic carbocycles. The number of hydrogen-bond acceptors (Lipinski definition) is 7. The summed E-state index contributed by atoms with van der Waals surface area (Å²) >= 11 is 1.03. The predicted molar refractivity (Wildman–Crippen MR) is 99.2 cm³/mol. The van der Waals surface area contributed by atoms with E-state index in [1.54, 1.807) is 43.3 Å². The van der Waals surface area contributed by atoms with E-state index in [-0.39, 0.29) is 16.7 Å². The molecule has 3 aromatic rings. The van der Waals surface area contributed by atoms with Gasteiger partial charge in [0.2, 0.25) is 11.6 Å². The molecule has 3 rings (SSSR count). The van der Waals surface area contributed by atoms with Gasteiger partial charge in [-0.2, -0.15) is 0 Å². The van der Waals surface area contributed by atoms with Crippen LogP contribution in [0.2, 0.25) is 0 Å². The number of aromatic nitrogens is 2. The van der Waals surface area contributed by atoms with Gasteiger partial charge in [0.05, 0.1) is 23.2 Å². The molecule has 1 aromatic heterocycles. The Morgan fingerprint density at radius 1 is 1.18 bits per heavy atom. The van der Waals surface area contributed by atoms with E-state index in [9.17, 15) is 14.7 Å². The summed E-state index contributed by atoms with van der Waals surface area (Å²) < 4.78 is 11.0. The molecular formula is C19H17N3O5S. The third kappa shape index (κ3) is 4.68. The van der Waals surface area contributed by atoms with Gasteiger partial charge < -0.3 is 19.7 Å². The van der Waals surface area contributed by atoms with Crippen LogP contribution in [0.4, 0.5) is 5.69 Å². The summed E-state index contributed by atoms with van der Waals surface area (Å²) in [5.74, 6) is -1.35. The fourth-order valence-corrected chi connectivity index (χ4v) is 3.09. The maximum atomic E-state index is 12.2. The lowest BCUT2D eigenvalue weighted by molar-refractivity contribution is -0.705. The highest BCUT2D eigenvalue weighted by Crippen LogP contribution is 2.23. The standard InChI is InChI=1S/C19H17N3O5S/c1-2-26-18(24)13-8-10-14(11-9-13)20-16(23)12-28-17-19(25)27-21-22(17)15-6-4-3-5-7-15/h3-11H,2,12H2,1H3,(H-,20,21,23,24,25). The molecule has 0 aliphatic heterocycles. The summed E-state index contributed by atoms with van der Waals surface area (Å²) in [6, 6.07) is 15.4. The van der Waals surface area contributed by atoms with Crippen LogP contribution < -0.4 is 15.1 Å². The fourth-order valence-electron chi connectivity index (χ4n) is 2.33. The largest absolute Gasteiger partial charge is 0.538 e. The first-order chi connectivity index (χ1) is 13.6. The summed E-state index contributed by atoms with van der Waals surface area (Å²) in [5.41, 5.74) is 1.59. The lowest BCUT2D eigenvalue weighted by atomic mass is 10.2. The number of amides is 1. The molecule has 1 amide bonds. The summed E-state index contributed by atoms with van der Waals surface area (Å²) in [4.78, 5) is 23.8. The van der Waals surface area contributed by atoms with Crippen molar-refractivity contribution in [2.75, 3.05) is 17.7 Å². The number of anilines is 1. The number of nitrogens with zero attached hydrogens (tertiary/aromatic N) is 2. The van der Waals surface area contributed by atoms with Crippen molar-refractivity contribution in [2.45, 2.75) is 11.9 Å². The fraction of sp³-hybridized carbons (Fsp3) is 0.158. The van der Waals surface area contributed by atoms with E-state index in [4.69, 9.17) is 9.26 Å². The summed E-state index contributed by atoms with van der Waals surface area (Å²) in [6.45, 7) is 2.02. The van der Waals surface area contributed by atoms with Gasteiger partial charge in [-0.1, -0.05) is 18.2 Å². The Morgan fingerprint density at radius 2 is 1.89 bits per heavy atom. The second-order valence-corrected chi connectivity index (χ2v) is 6.51. The highest BCUT2D eigenvalue weighted by molar-refractivity contribution is 7.99. The second kappa shape index (κ2) is 9.05. The lowest BCUT2D eigenvalue weighted by Gasteiger charge is -2.06. The van der Waals surface area contributed by atoms with Gasteiger partial charge in [0, 0.05) is 17.8 Å². The summed E-state index contributed by atoms with van der Waals surface area (Å²) in [7, 11) is 0. The van der Waals surface area contributed by atoms with Crippen LogP contribution in [0.15, 0.2) is 64.1 Å². The molecule has 0 saturated carbocycles. The normalized spacial score (nSPS) is 10.5. The zero-order valence-corrected chi connectivity index (χ0v) is 15.8. The maximum Gasteiger partial charge on any atom is 0.338 e. The number of thioether (sulfide) groups is 1. The number of carbonyl (C=O) groups excluding carboxylic acids is 2. The van der Waals surface area contributed by atoms with Crippen molar-refractivity contribution >= 4 is 29.3 Å². The first-order valence-electron chi connectivity index (χ1n) is 8.42. The van der Waals surface area contributed by atoms with Crippen molar-refractivity contribution in [1.29, 1.82) is 0 Å². The predicted octanol–water partition coefficient (Wildman–Crippen LogP) is 1.93. The third-order valence-corrected chi connectivity index (χ3v) is 4.61. The lowest BCUT2D eigenvalue weighted by Crippen LogP contribution is -2.35. The molecule has 0 radical (unpaired) electrons. The molecule has 8 nitrogen and oxygen atoms in total. The number of ether oxygens (including phenoxy) is 1. The summed E-state index contributed by atoms with van der Waals surface area (Å²) in [5, 5.41) is 18.5. The molecular weight excluding hydrogens is 382 g/mol. The van der Waals surface area contributed by atoms with Gasteiger partial charge in [0.15, 0.2) is 5.95 Å². The average molecular weight is 399 g/mol. The van der Waals surface area contributed by atoms with Crippen LogP contribution in [0.25, 0.3) is 5.69 Å². The van der Waals surface area contributed by atoms with Crippen LogP contribution in [-0.4, -0.2) is 29.5 Å². The Hall–Kier alpha value is -3.33. The number of hydrogen-bond donors (Lipinski definition) is 1. The SMILES string of the molecule is CCOC(=O)c1ccc(NC(=O)CSc2c([O-])on[n+]2-c2ccccc2)cc1. The molecule has 0 unspecified atom stereocenters. The number of benzene rings is 2. The maximum absolute atomic E-state index is 12.2. The average Bonchev–Trinajstić information content (AvgIpc) is 3.08. The van der Waals surface area contributed by atoms with E-state index in [0.29, 0.717) is 23.5 Å². The number of nitrogens with one attached hydrogen (secondary N) is 1.